The van der Waals surface area contributed by atoms with E-state index >= 15 is 0 Å². The van der Waals surface area contributed by atoms with Gasteiger partial charge in [-0.2, -0.15) is 0 Å². The Kier molecular flexibility index (Phi) is 5.77. The van der Waals surface area contributed by atoms with Gasteiger partial charge < -0.3 is 10.5 Å². The lowest BCUT2D eigenvalue weighted by atomic mass is 9.89. The maximum Gasteiger partial charge on any atom is 0.325 e. The van der Waals surface area contributed by atoms with Gasteiger partial charge in [-0.25, -0.2) is 5.43 Å². The van der Waals surface area contributed by atoms with Crippen LogP contribution in [0.15, 0.2) is 4.99 Å². The van der Waals surface area contributed by atoms with E-state index in [1.165, 1.54) is 38.4 Å². The number of rotatable bonds is 6. The fraction of sp³-hybridized carbons (Fsp3) is 0.800. The number of nitrogens with zero attached hydrogens (tertiary/aromatic N) is 1. The van der Waals surface area contributed by atoms with Gasteiger partial charge in [0.2, 0.25) is 0 Å². The van der Waals surface area contributed by atoms with E-state index in [0.717, 1.165) is 12.5 Å². The number of carboxylic acid groups (broad SMARTS) is 1. The van der Waals surface area contributed by atoms with Crippen LogP contribution in [-0.4, -0.2) is 30.5 Å². The summed E-state index contributed by atoms with van der Waals surface area (Å²) in [6.07, 6.45) is 8.02. The second-order valence-corrected chi connectivity index (χ2v) is 3.89. The van der Waals surface area contributed by atoms with Crippen LogP contribution in [0.1, 0.15) is 32.1 Å². The first-order chi connectivity index (χ1) is 7.29. The minimum Gasteiger partial charge on any atom is -0.480 e. The van der Waals surface area contributed by atoms with Crippen molar-refractivity contribution in [3.05, 3.63) is 0 Å². The average molecular weight is 213 g/mol. The zero-order valence-electron chi connectivity index (χ0n) is 8.91. The monoisotopic (exact) mass is 213 g/mol. The largest absolute Gasteiger partial charge is 0.480 e. The van der Waals surface area contributed by atoms with E-state index in [4.69, 9.17) is 5.11 Å². The molecule has 0 atom stereocenters. The smallest absolute Gasteiger partial charge is 0.325 e. The SMILES string of the molecule is O=C(O)CN=CNNCC1CCCCC1. The van der Waals surface area contributed by atoms with Crippen molar-refractivity contribution < 1.29 is 9.90 Å². The fourth-order valence-electron chi connectivity index (χ4n) is 1.81. The van der Waals surface area contributed by atoms with Crippen LogP contribution >= 0.6 is 0 Å². The van der Waals surface area contributed by atoms with E-state index in [2.05, 4.69) is 15.8 Å². The van der Waals surface area contributed by atoms with Crippen LogP contribution in [-0.2, 0) is 4.79 Å². The van der Waals surface area contributed by atoms with Crippen LogP contribution in [0.4, 0.5) is 0 Å². The van der Waals surface area contributed by atoms with Gasteiger partial charge in [0.15, 0.2) is 0 Å². The molecule has 0 heterocycles. The quantitative estimate of drug-likeness (QED) is 0.264. The number of hydrazine groups is 1. The molecular weight excluding hydrogens is 194 g/mol. The summed E-state index contributed by atoms with van der Waals surface area (Å²) in [6.45, 7) is 0.747. The molecule has 1 aliphatic rings. The minimum absolute atomic E-state index is 0.182. The molecule has 5 heteroatoms. The molecule has 1 fully saturated rings. The molecule has 0 bridgehead atoms. The summed E-state index contributed by atoms with van der Waals surface area (Å²) in [4.78, 5) is 13.8. The highest BCUT2D eigenvalue weighted by atomic mass is 16.4. The molecule has 0 aromatic rings. The van der Waals surface area contributed by atoms with E-state index in [9.17, 15) is 4.79 Å². The van der Waals surface area contributed by atoms with E-state index in [0.29, 0.717) is 0 Å². The Bertz CT molecular complexity index is 213. The van der Waals surface area contributed by atoms with Crippen molar-refractivity contribution in [1.82, 2.24) is 10.9 Å². The molecule has 0 aromatic heterocycles. The Morgan fingerprint density at radius 1 is 1.40 bits per heavy atom. The standard InChI is InChI=1S/C10H19N3O2/c14-10(15)7-11-8-13-12-6-9-4-2-1-3-5-9/h8-9,12H,1-7H2,(H,11,13)(H,14,15). The lowest BCUT2D eigenvalue weighted by Gasteiger charge is -2.21. The lowest BCUT2D eigenvalue weighted by Crippen LogP contribution is -2.35. The highest BCUT2D eigenvalue weighted by Gasteiger charge is 2.11. The predicted octanol–water partition coefficient (Wildman–Crippen LogP) is 0.774. The molecule has 0 aliphatic heterocycles. The van der Waals surface area contributed by atoms with Crippen molar-refractivity contribution in [1.29, 1.82) is 0 Å². The summed E-state index contributed by atoms with van der Waals surface area (Å²) < 4.78 is 0. The minimum atomic E-state index is -0.916. The number of aliphatic carboxylic acids is 1. The van der Waals surface area contributed by atoms with E-state index in [1.54, 1.807) is 0 Å². The molecule has 0 aromatic carbocycles. The summed E-state index contributed by atoms with van der Waals surface area (Å²) >= 11 is 0. The Hall–Kier alpha value is -1.10. The third-order valence-corrected chi connectivity index (χ3v) is 2.60. The van der Waals surface area contributed by atoms with E-state index in [1.807, 2.05) is 0 Å². The Morgan fingerprint density at radius 2 is 2.13 bits per heavy atom. The second-order valence-electron chi connectivity index (χ2n) is 3.89. The van der Waals surface area contributed by atoms with Crippen LogP contribution < -0.4 is 10.9 Å². The highest BCUT2D eigenvalue weighted by Crippen LogP contribution is 2.22. The molecular formula is C10H19N3O2. The van der Waals surface area contributed by atoms with Gasteiger partial charge in [-0.15, -0.1) is 0 Å². The zero-order chi connectivity index (χ0) is 10.9. The fourth-order valence-corrected chi connectivity index (χ4v) is 1.81. The number of hydrogen-bond acceptors (Lipinski definition) is 3. The van der Waals surface area contributed by atoms with E-state index < -0.39 is 5.97 Å². The molecule has 1 rings (SSSR count). The van der Waals surface area contributed by atoms with Gasteiger partial charge in [-0.3, -0.25) is 9.79 Å². The first kappa shape index (κ1) is 12.0. The third-order valence-electron chi connectivity index (χ3n) is 2.60. The summed E-state index contributed by atoms with van der Waals surface area (Å²) in [5, 5.41) is 8.31. The summed E-state index contributed by atoms with van der Waals surface area (Å²) in [6, 6.07) is 0. The predicted molar refractivity (Wildman–Crippen MR) is 58.7 cm³/mol. The number of aliphatic imine (C=N–C) groups is 1. The molecule has 1 aliphatic carbocycles. The van der Waals surface area contributed by atoms with Crippen LogP contribution in [0.25, 0.3) is 0 Å². The van der Waals surface area contributed by atoms with E-state index in [-0.39, 0.29) is 6.54 Å². The molecule has 0 saturated heterocycles. The van der Waals surface area contributed by atoms with Crippen LogP contribution in [0.5, 0.6) is 0 Å². The molecule has 86 valence electrons. The molecule has 15 heavy (non-hydrogen) atoms. The topological polar surface area (TPSA) is 73.7 Å². The molecule has 0 unspecified atom stereocenters. The molecule has 0 amide bonds. The average Bonchev–Trinajstić information content (AvgIpc) is 2.24. The Morgan fingerprint density at radius 3 is 2.80 bits per heavy atom. The molecule has 3 N–H and O–H groups in total. The van der Waals surface area contributed by atoms with Crippen molar-refractivity contribution >= 4 is 12.3 Å². The maximum atomic E-state index is 10.1. The highest BCUT2D eigenvalue weighted by molar-refractivity contribution is 5.71. The van der Waals surface area contributed by atoms with Crippen LogP contribution in [0.2, 0.25) is 0 Å². The van der Waals surface area contributed by atoms with Gasteiger partial charge in [0, 0.05) is 6.54 Å². The van der Waals surface area contributed by atoms with Crippen molar-refractivity contribution in [2.45, 2.75) is 32.1 Å². The first-order valence-electron chi connectivity index (χ1n) is 5.47. The Balaban J connectivity index is 1.96. The van der Waals surface area contributed by atoms with Gasteiger partial charge >= 0.3 is 5.97 Å². The van der Waals surface area contributed by atoms with Crippen molar-refractivity contribution in [2.75, 3.05) is 13.1 Å². The Labute approximate surface area is 89.9 Å². The summed E-state index contributed by atoms with van der Waals surface area (Å²) in [7, 11) is 0. The van der Waals surface area contributed by atoms with Crippen LogP contribution in [0, 0.1) is 5.92 Å². The number of hydrogen-bond donors (Lipinski definition) is 3. The van der Waals surface area contributed by atoms with Gasteiger partial charge in [0.05, 0.1) is 6.34 Å². The van der Waals surface area contributed by atoms with Crippen molar-refractivity contribution in [3.8, 4) is 0 Å². The van der Waals surface area contributed by atoms with Crippen LogP contribution in [0.3, 0.4) is 0 Å². The molecule has 0 radical (unpaired) electrons. The normalized spacial score (nSPS) is 18.1. The first-order valence-corrected chi connectivity index (χ1v) is 5.47. The summed E-state index contributed by atoms with van der Waals surface area (Å²) in [5.41, 5.74) is 5.82. The lowest BCUT2D eigenvalue weighted by molar-refractivity contribution is -0.135. The maximum absolute atomic E-state index is 10.1. The van der Waals surface area contributed by atoms with Gasteiger partial charge in [0.1, 0.15) is 6.54 Å². The molecule has 1 saturated carbocycles. The molecule has 5 nitrogen and oxygen atoms in total. The second kappa shape index (κ2) is 7.23. The third kappa shape index (κ3) is 6.06. The zero-order valence-corrected chi connectivity index (χ0v) is 8.91. The number of carboxylic acids is 1. The van der Waals surface area contributed by atoms with Gasteiger partial charge in [-0.05, 0) is 18.8 Å². The van der Waals surface area contributed by atoms with Gasteiger partial charge in [-0.1, -0.05) is 19.3 Å². The summed E-state index contributed by atoms with van der Waals surface area (Å²) in [5.74, 6) is -0.167. The number of nitrogens with one attached hydrogen (secondary N) is 2. The van der Waals surface area contributed by atoms with Crippen molar-refractivity contribution in [3.63, 3.8) is 0 Å². The number of carbonyl (C=O) groups is 1. The van der Waals surface area contributed by atoms with Crippen molar-refractivity contribution in [2.24, 2.45) is 10.9 Å². The molecule has 0 spiro atoms. The van der Waals surface area contributed by atoms with Gasteiger partial charge in [0.25, 0.3) is 0 Å².